The van der Waals surface area contributed by atoms with Gasteiger partial charge in [0.2, 0.25) is 5.91 Å². The molecule has 0 saturated carbocycles. The number of nitrogens with one attached hydrogen (secondary N) is 1. The van der Waals surface area contributed by atoms with Crippen LogP contribution in [0.2, 0.25) is 4.34 Å². The number of hydrogen-bond acceptors (Lipinski definition) is 4. The van der Waals surface area contributed by atoms with Gasteiger partial charge in [-0.1, -0.05) is 41.9 Å². The second kappa shape index (κ2) is 9.93. The van der Waals surface area contributed by atoms with Crippen molar-refractivity contribution in [3.8, 4) is 11.1 Å². The van der Waals surface area contributed by atoms with Gasteiger partial charge in [0, 0.05) is 6.54 Å². The van der Waals surface area contributed by atoms with Crippen molar-refractivity contribution in [2.45, 2.75) is 42.2 Å². The molecule has 4 rings (SSSR count). The third-order valence-electron chi connectivity index (χ3n) is 5.91. The van der Waals surface area contributed by atoms with Crippen LogP contribution in [0.3, 0.4) is 0 Å². The van der Waals surface area contributed by atoms with Gasteiger partial charge < -0.3 is 5.32 Å². The summed E-state index contributed by atoms with van der Waals surface area (Å²) in [6.07, 6.45) is -3.44. The Bertz CT molecular complexity index is 1320. The van der Waals surface area contributed by atoms with Gasteiger partial charge >= 0.3 is 6.18 Å². The van der Waals surface area contributed by atoms with E-state index in [4.69, 9.17) is 11.6 Å². The summed E-state index contributed by atoms with van der Waals surface area (Å²) >= 11 is 6.85. The molecule has 2 heterocycles. The maximum Gasteiger partial charge on any atom is 0.416 e. The van der Waals surface area contributed by atoms with Crippen LogP contribution in [0.15, 0.2) is 64.9 Å². The van der Waals surface area contributed by atoms with Crippen molar-refractivity contribution in [2.24, 2.45) is 0 Å². The quantitative estimate of drug-likeness (QED) is 0.408. The minimum atomic E-state index is -4.41. The van der Waals surface area contributed by atoms with Crippen LogP contribution in [0.1, 0.15) is 36.9 Å². The minimum absolute atomic E-state index is 0.0968. The number of nitrogens with zero attached hydrogens (tertiary/aromatic N) is 1. The SMILES string of the molecule is CC(NC(=O)[C@@H]1CCCN1S(=O)(=O)c1ccc(Cl)s1)c1cccc(-c2ccc(C(F)(F)F)cc2)c1. The summed E-state index contributed by atoms with van der Waals surface area (Å²) in [7, 11) is -3.84. The molecule has 1 amide bonds. The second-order valence-corrected chi connectivity index (χ2v) is 12.1. The van der Waals surface area contributed by atoms with E-state index in [0.29, 0.717) is 28.3 Å². The van der Waals surface area contributed by atoms with E-state index in [1.165, 1.54) is 28.6 Å². The van der Waals surface area contributed by atoms with Crippen molar-refractivity contribution in [1.82, 2.24) is 9.62 Å². The Morgan fingerprint density at radius 3 is 2.46 bits per heavy atom. The number of rotatable bonds is 6. The molecule has 5 nitrogen and oxygen atoms in total. The predicted molar refractivity (Wildman–Crippen MR) is 130 cm³/mol. The van der Waals surface area contributed by atoms with Crippen molar-refractivity contribution in [1.29, 1.82) is 0 Å². The number of sulfonamides is 1. The van der Waals surface area contributed by atoms with E-state index >= 15 is 0 Å². The second-order valence-electron chi connectivity index (χ2n) is 8.26. The average molecular weight is 543 g/mol. The lowest BCUT2D eigenvalue weighted by Crippen LogP contribution is -2.46. The molecule has 1 aliphatic rings. The highest BCUT2D eigenvalue weighted by molar-refractivity contribution is 7.91. The van der Waals surface area contributed by atoms with Crippen LogP contribution >= 0.6 is 22.9 Å². The highest BCUT2D eigenvalue weighted by atomic mass is 35.5. The summed E-state index contributed by atoms with van der Waals surface area (Å²) in [4.78, 5) is 13.1. The minimum Gasteiger partial charge on any atom is -0.348 e. The molecule has 1 fully saturated rings. The van der Waals surface area contributed by atoms with Gasteiger partial charge in [-0.15, -0.1) is 11.3 Å². The zero-order valence-corrected chi connectivity index (χ0v) is 20.9. The predicted octanol–water partition coefficient (Wildman–Crippen LogP) is 6.12. The zero-order chi connectivity index (χ0) is 25.4. The van der Waals surface area contributed by atoms with Crippen LogP contribution < -0.4 is 5.32 Å². The van der Waals surface area contributed by atoms with E-state index in [1.54, 1.807) is 31.2 Å². The topological polar surface area (TPSA) is 66.5 Å². The van der Waals surface area contributed by atoms with Gasteiger partial charge in [-0.25, -0.2) is 8.42 Å². The van der Waals surface area contributed by atoms with E-state index in [9.17, 15) is 26.4 Å². The Kier molecular flexibility index (Phi) is 7.28. The molecular weight excluding hydrogens is 521 g/mol. The summed E-state index contributed by atoms with van der Waals surface area (Å²) < 4.78 is 66.3. The van der Waals surface area contributed by atoms with Crippen molar-refractivity contribution < 1.29 is 26.4 Å². The first kappa shape index (κ1) is 25.7. The molecule has 1 aromatic heterocycles. The number of carbonyl (C=O) groups is 1. The Hall–Kier alpha value is -2.40. The lowest BCUT2D eigenvalue weighted by Gasteiger charge is -2.24. The standard InChI is InChI=1S/C24H22ClF3N2O3S2/c1-15(17-4-2-5-18(14-17)16-7-9-19(10-8-16)24(26,27)28)29-23(31)20-6-3-13-30(20)35(32,33)22-12-11-21(25)34-22/h2,4-5,7-12,14-15,20H,3,6,13H2,1H3,(H,29,31)/t15?,20-/m0/s1. The van der Waals surface area contributed by atoms with Crippen molar-refractivity contribution in [3.05, 3.63) is 76.1 Å². The molecule has 1 unspecified atom stereocenters. The van der Waals surface area contributed by atoms with Crippen LogP contribution in [0.25, 0.3) is 11.1 Å². The van der Waals surface area contributed by atoms with E-state index in [1.807, 2.05) is 0 Å². The Morgan fingerprint density at radius 2 is 1.83 bits per heavy atom. The first-order chi connectivity index (χ1) is 16.5. The summed E-state index contributed by atoms with van der Waals surface area (Å²) in [5, 5.41) is 2.89. The van der Waals surface area contributed by atoms with E-state index in [-0.39, 0.29) is 10.8 Å². The molecule has 11 heteroatoms. The van der Waals surface area contributed by atoms with E-state index < -0.39 is 39.8 Å². The molecule has 2 aromatic carbocycles. The molecule has 0 spiro atoms. The Morgan fingerprint density at radius 1 is 1.11 bits per heavy atom. The fourth-order valence-corrected chi connectivity index (χ4v) is 7.34. The summed E-state index contributed by atoms with van der Waals surface area (Å²) in [5.74, 6) is -0.402. The normalized spacial score (nSPS) is 17.9. The molecule has 1 N–H and O–H groups in total. The third-order valence-corrected chi connectivity index (χ3v) is 9.52. The first-order valence-corrected chi connectivity index (χ1v) is 13.5. The largest absolute Gasteiger partial charge is 0.416 e. The molecule has 1 aliphatic heterocycles. The highest BCUT2D eigenvalue weighted by Crippen LogP contribution is 2.33. The van der Waals surface area contributed by atoms with Gasteiger partial charge in [-0.2, -0.15) is 17.5 Å². The van der Waals surface area contributed by atoms with Gasteiger partial charge in [0.15, 0.2) is 0 Å². The summed E-state index contributed by atoms with van der Waals surface area (Å²) in [6, 6.07) is 13.7. The number of alkyl halides is 3. The molecular formula is C24H22ClF3N2O3S2. The highest BCUT2D eigenvalue weighted by Gasteiger charge is 2.40. The fraction of sp³-hybridized carbons (Fsp3) is 0.292. The number of hydrogen-bond donors (Lipinski definition) is 1. The maximum absolute atomic E-state index is 13.1. The van der Waals surface area contributed by atoms with E-state index in [0.717, 1.165) is 29.0 Å². The molecule has 35 heavy (non-hydrogen) atoms. The molecule has 186 valence electrons. The summed E-state index contributed by atoms with van der Waals surface area (Å²) in [6.45, 7) is 2.02. The number of benzene rings is 2. The summed E-state index contributed by atoms with van der Waals surface area (Å²) in [5.41, 5.74) is 1.34. The number of amides is 1. The maximum atomic E-state index is 13.1. The zero-order valence-electron chi connectivity index (χ0n) is 18.5. The van der Waals surface area contributed by atoms with Gasteiger partial charge in [0.05, 0.1) is 15.9 Å². The lowest BCUT2D eigenvalue weighted by atomic mass is 9.99. The van der Waals surface area contributed by atoms with Crippen LogP contribution in [-0.2, 0) is 21.0 Å². The van der Waals surface area contributed by atoms with Gasteiger partial charge in [-0.05, 0) is 66.8 Å². The van der Waals surface area contributed by atoms with Gasteiger partial charge in [0.25, 0.3) is 10.0 Å². The van der Waals surface area contributed by atoms with Crippen LogP contribution in [-0.4, -0.2) is 31.2 Å². The molecule has 0 aliphatic carbocycles. The van der Waals surface area contributed by atoms with Crippen LogP contribution in [0.5, 0.6) is 0 Å². The number of halogens is 4. The van der Waals surface area contributed by atoms with Crippen LogP contribution in [0, 0.1) is 0 Å². The Balaban J connectivity index is 1.49. The number of thiophene rings is 1. The van der Waals surface area contributed by atoms with Crippen molar-refractivity contribution in [2.75, 3.05) is 6.54 Å². The molecule has 3 aromatic rings. The van der Waals surface area contributed by atoms with Crippen molar-refractivity contribution >= 4 is 38.9 Å². The fourth-order valence-electron chi connectivity index (χ4n) is 4.07. The van der Waals surface area contributed by atoms with Crippen LogP contribution in [0.4, 0.5) is 13.2 Å². The monoisotopic (exact) mass is 542 g/mol. The molecule has 0 bridgehead atoms. The average Bonchev–Trinajstić information content (AvgIpc) is 3.49. The molecule has 2 atom stereocenters. The van der Waals surface area contributed by atoms with Gasteiger partial charge in [-0.3, -0.25) is 4.79 Å². The van der Waals surface area contributed by atoms with Crippen molar-refractivity contribution in [3.63, 3.8) is 0 Å². The smallest absolute Gasteiger partial charge is 0.348 e. The van der Waals surface area contributed by atoms with Gasteiger partial charge in [0.1, 0.15) is 10.3 Å². The molecule has 0 radical (unpaired) electrons. The first-order valence-electron chi connectivity index (χ1n) is 10.8. The Labute approximate surface area is 210 Å². The molecule has 1 saturated heterocycles. The van der Waals surface area contributed by atoms with E-state index in [2.05, 4.69) is 5.32 Å². The number of carbonyl (C=O) groups excluding carboxylic acids is 1. The third kappa shape index (κ3) is 5.55. The lowest BCUT2D eigenvalue weighted by molar-refractivity contribution is -0.137.